The summed E-state index contributed by atoms with van der Waals surface area (Å²) in [4.78, 5) is 13.4. The first-order valence-electron chi connectivity index (χ1n) is 8.55. The van der Waals surface area contributed by atoms with E-state index in [-0.39, 0.29) is 13.2 Å². The average Bonchev–Trinajstić information content (AvgIpc) is 3.00. The van der Waals surface area contributed by atoms with Gasteiger partial charge in [0.2, 0.25) is 10.0 Å². The van der Waals surface area contributed by atoms with Crippen LogP contribution in [0.25, 0.3) is 10.1 Å². The molecule has 8 heteroatoms. The SMILES string of the molecule is Cc1c(COC(=O)N(Cc2ccc(CF)cc2)S(C)(=O)=O)sc2ccccc12. The van der Waals surface area contributed by atoms with E-state index < -0.39 is 22.8 Å². The molecule has 0 spiro atoms. The summed E-state index contributed by atoms with van der Waals surface area (Å²) in [7, 11) is -3.83. The molecule has 0 N–H and O–H groups in total. The molecule has 1 amide bonds. The Kier molecular flexibility index (Phi) is 6.00. The second-order valence-electron chi connectivity index (χ2n) is 6.42. The number of carbonyl (C=O) groups excluding carboxylic acids is 1. The molecule has 0 aliphatic carbocycles. The highest BCUT2D eigenvalue weighted by atomic mass is 32.2. The van der Waals surface area contributed by atoms with Gasteiger partial charge in [0.05, 0.1) is 12.8 Å². The van der Waals surface area contributed by atoms with Crippen LogP contribution in [0.15, 0.2) is 48.5 Å². The third-order valence-electron chi connectivity index (χ3n) is 4.38. The van der Waals surface area contributed by atoms with E-state index in [1.54, 1.807) is 24.3 Å². The summed E-state index contributed by atoms with van der Waals surface area (Å²) >= 11 is 1.51. The third-order valence-corrected chi connectivity index (χ3v) is 6.70. The van der Waals surface area contributed by atoms with E-state index in [0.717, 1.165) is 26.8 Å². The van der Waals surface area contributed by atoms with Gasteiger partial charge in [0.25, 0.3) is 0 Å². The molecule has 3 rings (SSSR count). The van der Waals surface area contributed by atoms with E-state index in [2.05, 4.69) is 0 Å². The van der Waals surface area contributed by atoms with Gasteiger partial charge < -0.3 is 4.74 Å². The lowest BCUT2D eigenvalue weighted by atomic mass is 10.1. The van der Waals surface area contributed by atoms with Gasteiger partial charge in [0.15, 0.2) is 0 Å². The predicted molar refractivity (Wildman–Crippen MR) is 108 cm³/mol. The quantitative estimate of drug-likeness (QED) is 0.575. The van der Waals surface area contributed by atoms with E-state index in [1.165, 1.54) is 11.3 Å². The minimum absolute atomic E-state index is 0.00315. The summed E-state index contributed by atoms with van der Waals surface area (Å²) in [5.41, 5.74) is 2.07. The number of benzene rings is 2. The highest BCUT2D eigenvalue weighted by Gasteiger charge is 2.25. The van der Waals surface area contributed by atoms with Crippen molar-refractivity contribution in [3.8, 4) is 0 Å². The molecular formula is C20H20FNO4S2. The smallest absolute Gasteiger partial charge is 0.424 e. The number of hydrogen-bond donors (Lipinski definition) is 0. The maximum atomic E-state index is 12.6. The van der Waals surface area contributed by atoms with Crippen LogP contribution in [-0.4, -0.2) is 25.1 Å². The maximum Gasteiger partial charge on any atom is 0.424 e. The van der Waals surface area contributed by atoms with E-state index in [4.69, 9.17) is 4.74 Å². The number of ether oxygens (including phenoxy) is 1. The summed E-state index contributed by atoms with van der Waals surface area (Å²) in [5, 5.41) is 1.09. The molecule has 5 nitrogen and oxygen atoms in total. The maximum absolute atomic E-state index is 12.6. The fourth-order valence-electron chi connectivity index (χ4n) is 2.78. The summed E-state index contributed by atoms with van der Waals surface area (Å²) in [6.07, 6.45) is 0.0171. The normalized spacial score (nSPS) is 11.5. The van der Waals surface area contributed by atoms with Crippen molar-refractivity contribution in [2.45, 2.75) is 26.7 Å². The van der Waals surface area contributed by atoms with Crippen LogP contribution in [0.5, 0.6) is 0 Å². The van der Waals surface area contributed by atoms with Gasteiger partial charge in [-0.25, -0.2) is 21.9 Å². The highest BCUT2D eigenvalue weighted by Crippen LogP contribution is 2.31. The first kappa shape index (κ1) is 20.3. The molecule has 0 unspecified atom stereocenters. The van der Waals surface area contributed by atoms with Crippen LogP contribution in [-0.2, 0) is 34.6 Å². The van der Waals surface area contributed by atoms with Gasteiger partial charge >= 0.3 is 6.09 Å². The molecule has 0 saturated heterocycles. The topological polar surface area (TPSA) is 63.7 Å². The first-order chi connectivity index (χ1) is 13.3. The van der Waals surface area contributed by atoms with Gasteiger partial charge in [-0.3, -0.25) is 0 Å². The van der Waals surface area contributed by atoms with Crippen LogP contribution in [0.1, 0.15) is 21.6 Å². The number of aryl methyl sites for hydroxylation is 1. The molecule has 0 radical (unpaired) electrons. The van der Waals surface area contributed by atoms with E-state index in [1.807, 2.05) is 31.2 Å². The van der Waals surface area contributed by atoms with Gasteiger partial charge in [-0.2, -0.15) is 0 Å². The van der Waals surface area contributed by atoms with Crippen LogP contribution in [0.2, 0.25) is 0 Å². The summed E-state index contributed by atoms with van der Waals surface area (Å²) < 4.78 is 43.9. The fraction of sp³-hybridized carbons (Fsp3) is 0.250. The van der Waals surface area contributed by atoms with Crippen molar-refractivity contribution >= 4 is 37.5 Å². The van der Waals surface area contributed by atoms with Crippen molar-refractivity contribution < 1.29 is 22.3 Å². The fourth-order valence-corrected chi connectivity index (χ4v) is 4.61. The van der Waals surface area contributed by atoms with Crippen LogP contribution in [0.3, 0.4) is 0 Å². The molecule has 0 aliphatic rings. The standard InChI is InChI=1S/C20H20FNO4S2/c1-14-17-5-3-4-6-18(17)27-19(14)13-26-20(23)22(28(2,24)25)12-16-9-7-15(11-21)8-10-16/h3-10H,11-13H2,1-2H3. The van der Waals surface area contributed by atoms with Crippen molar-refractivity contribution in [1.82, 2.24) is 4.31 Å². The predicted octanol–water partition coefficient (Wildman–Crippen LogP) is 4.78. The summed E-state index contributed by atoms with van der Waals surface area (Å²) in [6, 6.07) is 14.2. The van der Waals surface area contributed by atoms with Crippen molar-refractivity contribution in [2.24, 2.45) is 0 Å². The zero-order chi connectivity index (χ0) is 20.3. The molecule has 0 atom stereocenters. The second-order valence-corrected chi connectivity index (χ2v) is 9.46. The number of hydrogen-bond acceptors (Lipinski definition) is 5. The van der Waals surface area contributed by atoms with Crippen LogP contribution in [0, 0.1) is 6.92 Å². The minimum atomic E-state index is -3.83. The number of sulfonamides is 1. The number of nitrogens with zero attached hydrogens (tertiary/aromatic N) is 1. The lowest BCUT2D eigenvalue weighted by Crippen LogP contribution is -2.36. The Bertz CT molecular complexity index is 1090. The van der Waals surface area contributed by atoms with Gasteiger partial charge in [0, 0.05) is 9.58 Å². The number of fused-ring (bicyclic) bond motifs is 1. The van der Waals surface area contributed by atoms with Crippen molar-refractivity contribution in [3.63, 3.8) is 0 Å². The molecule has 2 aromatic carbocycles. The average molecular weight is 422 g/mol. The molecule has 3 aromatic rings. The highest BCUT2D eigenvalue weighted by molar-refractivity contribution is 7.88. The Hall–Kier alpha value is -2.45. The Balaban J connectivity index is 1.75. The molecule has 28 heavy (non-hydrogen) atoms. The van der Waals surface area contributed by atoms with Crippen LogP contribution >= 0.6 is 11.3 Å². The Labute approximate surface area is 167 Å². The number of rotatable bonds is 6. The Morgan fingerprint density at radius 1 is 1.11 bits per heavy atom. The van der Waals surface area contributed by atoms with Gasteiger partial charge in [-0.1, -0.05) is 42.5 Å². The van der Waals surface area contributed by atoms with Crippen LogP contribution in [0.4, 0.5) is 9.18 Å². The van der Waals surface area contributed by atoms with Gasteiger partial charge in [-0.15, -0.1) is 11.3 Å². The largest absolute Gasteiger partial charge is 0.443 e. The number of halogens is 1. The molecule has 1 heterocycles. The molecule has 148 valence electrons. The monoisotopic (exact) mass is 421 g/mol. The van der Waals surface area contributed by atoms with Crippen molar-refractivity contribution in [1.29, 1.82) is 0 Å². The third kappa shape index (κ3) is 4.51. The Morgan fingerprint density at radius 2 is 1.75 bits per heavy atom. The number of thiophene rings is 1. The van der Waals surface area contributed by atoms with Crippen LogP contribution < -0.4 is 0 Å². The van der Waals surface area contributed by atoms with Gasteiger partial charge in [0.1, 0.15) is 13.3 Å². The summed E-state index contributed by atoms with van der Waals surface area (Å²) in [6.45, 7) is 1.17. The van der Waals surface area contributed by atoms with E-state index >= 15 is 0 Å². The molecule has 0 saturated carbocycles. The minimum Gasteiger partial charge on any atom is -0.443 e. The Morgan fingerprint density at radius 3 is 2.36 bits per heavy atom. The lowest BCUT2D eigenvalue weighted by molar-refractivity contribution is 0.118. The number of carbonyl (C=O) groups is 1. The molecule has 0 fully saturated rings. The van der Waals surface area contributed by atoms with E-state index in [9.17, 15) is 17.6 Å². The molecule has 0 bridgehead atoms. The van der Waals surface area contributed by atoms with Gasteiger partial charge in [-0.05, 0) is 35.1 Å². The zero-order valence-electron chi connectivity index (χ0n) is 15.5. The first-order valence-corrected chi connectivity index (χ1v) is 11.2. The zero-order valence-corrected chi connectivity index (χ0v) is 17.1. The van der Waals surface area contributed by atoms with Crippen molar-refractivity contribution in [2.75, 3.05) is 6.26 Å². The second kappa shape index (κ2) is 8.28. The molecular weight excluding hydrogens is 401 g/mol. The van der Waals surface area contributed by atoms with E-state index in [0.29, 0.717) is 15.4 Å². The molecule has 0 aliphatic heterocycles. The van der Waals surface area contributed by atoms with Crippen molar-refractivity contribution in [3.05, 3.63) is 70.1 Å². The molecule has 1 aromatic heterocycles. The number of amides is 1. The lowest BCUT2D eigenvalue weighted by Gasteiger charge is -2.20. The number of alkyl halides is 1. The summed E-state index contributed by atoms with van der Waals surface area (Å²) in [5.74, 6) is 0.